The van der Waals surface area contributed by atoms with Crippen LogP contribution in [0.25, 0.3) is 11.6 Å². The molecule has 3 aromatic carbocycles. The summed E-state index contributed by atoms with van der Waals surface area (Å²) in [6, 6.07) is 23.3. The fourth-order valence-electron chi connectivity index (χ4n) is 3.08. The first kappa shape index (κ1) is 19.0. The minimum Gasteiger partial charge on any atom is -0.484 e. The molecule has 6 nitrogen and oxygen atoms in total. The van der Waals surface area contributed by atoms with Crippen LogP contribution in [0.2, 0.25) is 0 Å². The molecule has 6 heteroatoms. The number of hydrogen-bond donors (Lipinski definition) is 2. The minimum absolute atomic E-state index is 0.129. The molecule has 0 radical (unpaired) electrons. The highest BCUT2D eigenvalue weighted by molar-refractivity contribution is 6.34. The fraction of sp³-hybridized carbons (Fsp3) is 0.0417. The van der Waals surface area contributed by atoms with Crippen molar-refractivity contribution in [1.82, 2.24) is 0 Å². The highest BCUT2D eigenvalue weighted by atomic mass is 16.5. The van der Waals surface area contributed by atoms with Crippen LogP contribution in [-0.2, 0) is 9.59 Å². The lowest BCUT2D eigenvalue weighted by Crippen LogP contribution is -2.20. The van der Waals surface area contributed by atoms with Crippen LogP contribution in [0.3, 0.4) is 0 Å². The van der Waals surface area contributed by atoms with Gasteiger partial charge in [0.25, 0.3) is 11.8 Å². The monoisotopic (exact) mass is 395 g/mol. The third-order valence-electron chi connectivity index (χ3n) is 4.57. The average Bonchev–Trinajstić information content (AvgIpc) is 3.09. The van der Waals surface area contributed by atoms with Crippen LogP contribution in [0.5, 0.6) is 5.75 Å². The number of nitriles is 1. The first-order chi connectivity index (χ1) is 14.6. The molecule has 1 aliphatic rings. The fourth-order valence-corrected chi connectivity index (χ4v) is 3.08. The van der Waals surface area contributed by atoms with Gasteiger partial charge in [-0.3, -0.25) is 9.59 Å². The molecule has 0 fully saturated rings. The van der Waals surface area contributed by atoms with Gasteiger partial charge < -0.3 is 15.4 Å². The van der Waals surface area contributed by atoms with Gasteiger partial charge in [-0.05, 0) is 54.1 Å². The summed E-state index contributed by atoms with van der Waals surface area (Å²) in [5, 5.41) is 14.4. The molecule has 0 aromatic heterocycles. The van der Waals surface area contributed by atoms with Crippen LogP contribution in [-0.4, -0.2) is 18.4 Å². The SMILES string of the molecule is N#Cc1ccc(NC(=O)COc2ccc(/C=C3\C(=O)Nc4ccccc43)cc2)cc1. The van der Waals surface area contributed by atoms with Gasteiger partial charge in [-0.1, -0.05) is 30.3 Å². The van der Waals surface area contributed by atoms with Crippen molar-refractivity contribution >= 4 is 34.8 Å². The minimum atomic E-state index is -0.301. The number of amides is 2. The molecule has 0 bridgehead atoms. The molecule has 3 aromatic rings. The predicted molar refractivity (Wildman–Crippen MR) is 115 cm³/mol. The Morgan fingerprint density at radius 3 is 2.50 bits per heavy atom. The lowest BCUT2D eigenvalue weighted by Gasteiger charge is -2.08. The number of nitrogens with one attached hydrogen (secondary N) is 2. The van der Waals surface area contributed by atoms with Crippen molar-refractivity contribution in [3.05, 3.63) is 89.5 Å². The maximum atomic E-state index is 12.2. The number of nitrogens with zero attached hydrogens (tertiary/aromatic N) is 1. The summed E-state index contributed by atoms with van der Waals surface area (Å²) in [6.07, 6.45) is 1.82. The van der Waals surface area contributed by atoms with Crippen LogP contribution in [0, 0.1) is 11.3 Å². The van der Waals surface area contributed by atoms with E-state index in [9.17, 15) is 9.59 Å². The summed E-state index contributed by atoms with van der Waals surface area (Å²) in [7, 11) is 0. The number of carbonyl (C=O) groups is 2. The maximum absolute atomic E-state index is 12.2. The molecule has 1 heterocycles. The number of fused-ring (bicyclic) bond motifs is 1. The number of anilines is 2. The van der Waals surface area contributed by atoms with E-state index < -0.39 is 0 Å². The molecular formula is C24H17N3O3. The summed E-state index contributed by atoms with van der Waals surface area (Å²) in [5.41, 5.74) is 4.27. The third-order valence-corrected chi connectivity index (χ3v) is 4.57. The van der Waals surface area contributed by atoms with E-state index in [1.165, 1.54) is 0 Å². The Hall–Kier alpha value is -4.37. The zero-order valence-electron chi connectivity index (χ0n) is 15.9. The molecule has 146 valence electrons. The number of rotatable bonds is 5. The van der Waals surface area contributed by atoms with E-state index in [4.69, 9.17) is 10.00 Å². The first-order valence-corrected chi connectivity index (χ1v) is 9.28. The van der Waals surface area contributed by atoms with Gasteiger partial charge in [0.05, 0.1) is 11.6 Å². The van der Waals surface area contributed by atoms with Crippen LogP contribution < -0.4 is 15.4 Å². The predicted octanol–water partition coefficient (Wildman–Crippen LogP) is 4.07. The van der Waals surface area contributed by atoms with Crippen LogP contribution in [0.4, 0.5) is 11.4 Å². The largest absolute Gasteiger partial charge is 0.484 e. The van der Waals surface area contributed by atoms with Crippen molar-refractivity contribution in [1.29, 1.82) is 5.26 Å². The molecule has 2 N–H and O–H groups in total. The molecule has 30 heavy (non-hydrogen) atoms. The molecule has 0 saturated carbocycles. The zero-order chi connectivity index (χ0) is 20.9. The van der Waals surface area contributed by atoms with Crippen molar-refractivity contribution in [3.8, 4) is 11.8 Å². The Morgan fingerprint density at radius 1 is 1.03 bits per heavy atom. The summed E-state index contributed by atoms with van der Waals surface area (Å²) in [4.78, 5) is 24.2. The lowest BCUT2D eigenvalue weighted by atomic mass is 10.0. The Balaban J connectivity index is 1.36. The number of para-hydroxylation sites is 1. The van der Waals surface area contributed by atoms with E-state index in [0.29, 0.717) is 22.6 Å². The standard InChI is InChI=1S/C24H17N3O3/c25-14-17-5-9-18(10-6-17)26-23(28)15-30-19-11-7-16(8-12-19)13-21-20-3-1-2-4-22(20)27-24(21)29/h1-13H,15H2,(H,26,28)(H,27,29)/b21-13-. The molecular weight excluding hydrogens is 378 g/mol. The Morgan fingerprint density at radius 2 is 1.77 bits per heavy atom. The van der Waals surface area contributed by atoms with Crippen LogP contribution >= 0.6 is 0 Å². The van der Waals surface area contributed by atoms with Crippen molar-refractivity contribution < 1.29 is 14.3 Å². The highest BCUT2D eigenvalue weighted by Gasteiger charge is 2.23. The van der Waals surface area contributed by atoms with Gasteiger partial charge in [0.15, 0.2) is 6.61 Å². The topological polar surface area (TPSA) is 91.2 Å². The summed E-state index contributed by atoms with van der Waals surface area (Å²) >= 11 is 0. The maximum Gasteiger partial charge on any atom is 0.262 e. The molecule has 0 unspecified atom stereocenters. The second-order valence-electron chi connectivity index (χ2n) is 6.65. The molecule has 0 aliphatic carbocycles. The van der Waals surface area contributed by atoms with Crippen molar-refractivity contribution in [2.75, 3.05) is 17.2 Å². The molecule has 1 aliphatic heterocycles. The molecule has 4 rings (SSSR count). The number of hydrogen-bond acceptors (Lipinski definition) is 4. The van der Waals surface area contributed by atoms with Gasteiger partial charge in [0, 0.05) is 22.5 Å². The lowest BCUT2D eigenvalue weighted by molar-refractivity contribution is -0.118. The van der Waals surface area contributed by atoms with Gasteiger partial charge >= 0.3 is 0 Å². The van der Waals surface area contributed by atoms with Gasteiger partial charge in [0.2, 0.25) is 0 Å². The number of ether oxygens (including phenoxy) is 1. The average molecular weight is 395 g/mol. The Labute approximate surface area is 173 Å². The van der Waals surface area contributed by atoms with E-state index >= 15 is 0 Å². The normalized spacial score (nSPS) is 13.3. The third kappa shape index (κ3) is 4.21. The van der Waals surface area contributed by atoms with Crippen LogP contribution in [0.1, 0.15) is 16.7 Å². The second-order valence-corrected chi connectivity index (χ2v) is 6.65. The van der Waals surface area contributed by atoms with Gasteiger partial charge in [-0.15, -0.1) is 0 Å². The van der Waals surface area contributed by atoms with Crippen molar-refractivity contribution in [2.45, 2.75) is 0 Å². The summed E-state index contributed by atoms with van der Waals surface area (Å²) in [5.74, 6) is 0.115. The highest BCUT2D eigenvalue weighted by Crippen LogP contribution is 2.32. The second kappa shape index (κ2) is 8.33. The number of benzene rings is 3. The smallest absolute Gasteiger partial charge is 0.262 e. The van der Waals surface area contributed by atoms with Crippen molar-refractivity contribution in [3.63, 3.8) is 0 Å². The summed E-state index contributed by atoms with van der Waals surface area (Å²) < 4.78 is 5.52. The van der Waals surface area contributed by atoms with Gasteiger partial charge in [-0.2, -0.15) is 5.26 Å². The molecule has 0 spiro atoms. The number of carbonyl (C=O) groups excluding carboxylic acids is 2. The first-order valence-electron chi connectivity index (χ1n) is 9.28. The van der Waals surface area contributed by atoms with Crippen molar-refractivity contribution in [2.24, 2.45) is 0 Å². The Kier molecular flexibility index (Phi) is 5.27. The van der Waals surface area contributed by atoms with E-state index in [0.717, 1.165) is 16.8 Å². The Bertz CT molecular complexity index is 1170. The van der Waals surface area contributed by atoms with Crippen LogP contribution in [0.15, 0.2) is 72.8 Å². The molecule has 0 atom stereocenters. The van der Waals surface area contributed by atoms with E-state index in [1.807, 2.05) is 48.5 Å². The quantitative estimate of drug-likeness (QED) is 0.637. The summed E-state index contributed by atoms with van der Waals surface area (Å²) in [6.45, 7) is -0.143. The molecule has 2 amide bonds. The van der Waals surface area contributed by atoms with Gasteiger partial charge in [0.1, 0.15) is 5.75 Å². The van der Waals surface area contributed by atoms with E-state index in [-0.39, 0.29) is 18.4 Å². The van der Waals surface area contributed by atoms with E-state index in [2.05, 4.69) is 10.6 Å². The van der Waals surface area contributed by atoms with E-state index in [1.54, 1.807) is 36.4 Å². The molecule has 0 saturated heterocycles. The zero-order valence-corrected chi connectivity index (χ0v) is 15.9. The van der Waals surface area contributed by atoms with Gasteiger partial charge in [-0.25, -0.2) is 0 Å².